The van der Waals surface area contributed by atoms with Crippen molar-refractivity contribution >= 4 is 82.3 Å². The minimum atomic E-state index is -0.833. The molecule has 1 N–H and O–H groups in total. The lowest BCUT2D eigenvalue weighted by atomic mass is 10.3. The van der Waals surface area contributed by atoms with E-state index in [0.717, 1.165) is 0 Å². The van der Waals surface area contributed by atoms with E-state index in [1.165, 1.54) is 43.2 Å². The first-order chi connectivity index (χ1) is 10.2. The third kappa shape index (κ3) is 14.3. The molecular formula is C12H20O4S6. The van der Waals surface area contributed by atoms with E-state index < -0.39 is 5.97 Å². The van der Waals surface area contributed by atoms with Crippen LogP contribution in [0.25, 0.3) is 0 Å². The molecule has 0 amide bonds. The summed E-state index contributed by atoms with van der Waals surface area (Å²) in [4.78, 5) is 10.9. The first-order valence-corrected chi connectivity index (χ1v) is 11.8. The molecule has 0 radical (unpaired) electrons. The zero-order valence-corrected chi connectivity index (χ0v) is 17.7. The number of ether oxygens (including phenoxy) is 2. The standard InChI is InChI=1S/C12H20O4S6/c1-7(2)15-11(17)21-19-6-9(5-10(13)14)20-22-12(18)16-8(3)4/h7-9H,5-6H2,1-4H3,(H,13,14). The molecular weight excluding hydrogens is 401 g/mol. The van der Waals surface area contributed by atoms with Gasteiger partial charge < -0.3 is 14.6 Å². The maximum absolute atomic E-state index is 10.9. The molecule has 0 aliphatic carbocycles. The van der Waals surface area contributed by atoms with Gasteiger partial charge in [-0.05, 0) is 73.7 Å². The van der Waals surface area contributed by atoms with E-state index in [2.05, 4.69) is 0 Å². The number of carbonyl (C=O) groups is 1. The third-order valence-electron chi connectivity index (χ3n) is 1.70. The van der Waals surface area contributed by atoms with Crippen molar-refractivity contribution < 1.29 is 19.4 Å². The predicted molar refractivity (Wildman–Crippen MR) is 109 cm³/mol. The molecule has 0 spiro atoms. The number of rotatable bonds is 9. The van der Waals surface area contributed by atoms with E-state index in [0.29, 0.717) is 14.5 Å². The molecule has 0 aliphatic heterocycles. The lowest BCUT2D eigenvalue weighted by molar-refractivity contribution is -0.136. The van der Waals surface area contributed by atoms with Gasteiger partial charge in [0.05, 0.1) is 18.6 Å². The number of hydrogen-bond donors (Lipinski definition) is 1. The summed E-state index contributed by atoms with van der Waals surface area (Å²) in [6, 6.07) is 0. The van der Waals surface area contributed by atoms with Crippen LogP contribution in [-0.4, -0.2) is 43.1 Å². The van der Waals surface area contributed by atoms with Crippen LogP contribution in [0, 0.1) is 0 Å². The number of thiocarbonyl (C=S) groups is 2. The molecule has 1 unspecified atom stereocenters. The molecule has 0 saturated carbocycles. The second kappa shape index (κ2) is 13.0. The van der Waals surface area contributed by atoms with Gasteiger partial charge in [0.2, 0.25) is 8.77 Å². The van der Waals surface area contributed by atoms with Crippen LogP contribution in [0.2, 0.25) is 0 Å². The van der Waals surface area contributed by atoms with Crippen LogP contribution in [0.1, 0.15) is 34.1 Å². The predicted octanol–water partition coefficient (Wildman–Crippen LogP) is 5.01. The Kier molecular flexibility index (Phi) is 13.4. The monoisotopic (exact) mass is 420 g/mol. The van der Waals surface area contributed by atoms with E-state index in [1.54, 1.807) is 0 Å². The molecule has 0 rings (SSSR count). The van der Waals surface area contributed by atoms with Crippen molar-refractivity contribution in [3.05, 3.63) is 0 Å². The minimum Gasteiger partial charge on any atom is -0.481 e. The summed E-state index contributed by atoms with van der Waals surface area (Å²) in [5.41, 5.74) is 0. The summed E-state index contributed by atoms with van der Waals surface area (Å²) in [5.74, 6) is -0.207. The largest absolute Gasteiger partial charge is 0.481 e. The Hall–Kier alpha value is 0.650. The Bertz CT molecular complexity index is 375. The van der Waals surface area contributed by atoms with Crippen LogP contribution < -0.4 is 0 Å². The topological polar surface area (TPSA) is 55.8 Å². The van der Waals surface area contributed by atoms with Crippen LogP contribution in [-0.2, 0) is 14.3 Å². The number of hydrogen-bond acceptors (Lipinski definition) is 9. The van der Waals surface area contributed by atoms with Gasteiger partial charge in [-0.3, -0.25) is 4.79 Å². The van der Waals surface area contributed by atoms with Gasteiger partial charge >= 0.3 is 5.97 Å². The second-order valence-electron chi connectivity index (χ2n) is 4.60. The SMILES string of the molecule is CC(C)OC(=S)SSCC(CC(=O)O)SSC(=S)OC(C)C. The molecule has 22 heavy (non-hydrogen) atoms. The van der Waals surface area contributed by atoms with Gasteiger partial charge in [-0.25, -0.2) is 0 Å². The van der Waals surface area contributed by atoms with Gasteiger partial charge in [0.15, 0.2) is 0 Å². The first-order valence-electron chi connectivity index (χ1n) is 6.46. The Balaban J connectivity index is 4.15. The molecule has 128 valence electrons. The maximum Gasteiger partial charge on any atom is 0.304 e. The normalized spacial score (nSPS) is 12.3. The molecule has 0 aromatic rings. The first kappa shape index (κ1) is 22.6. The fourth-order valence-electron chi connectivity index (χ4n) is 1.01. The zero-order valence-electron chi connectivity index (χ0n) is 12.8. The van der Waals surface area contributed by atoms with Gasteiger partial charge in [0.1, 0.15) is 0 Å². The molecule has 1 atom stereocenters. The van der Waals surface area contributed by atoms with Gasteiger partial charge in [0, 0.05) is 11.0 Å². The van der Waals surface area contributed by atoms with E-state index in [4.69, 9.17) is 39.0 Å². The summed E-state index contributed by atoms with van der Waals surface area (Å²) >= 11 is 10.2. The fourth-order valence-corrected chi connectivity index (χ4v) is 6.75. The van der Waals surface area contributed by atoms with E-state index in [-0.39, 0.29) is 23.9 Å². The number of carboxylic acids is 1. The van der Waals surface area contributed by atoms with Crippen LogP contribution in [0.3, 0.4) is 0 Å². The number of aliphatic carboxylic acids is 1. The van der Waals surface area contributed by atoms with Gasteiger partial charge in [-0.15, -0.1) is 0 Å². The van der Waals surface area contributed by atoms with Crippen LogP contribution in [0.15, 0.2) is 0 Å². The Morgan fingerprint density at radius 1 is 1.05 bits per heavy atom. The molecule has 0 bridgehead atoms. The molecule has 10 heteroatoms. The molecule has 0 fully saturated rings. The lowest BCUT2D eigenvalue weighted by Gasteiger charge is -2.15. The summed E-state index contributed by atoms with van der Waals surface area (Å²) in [5, 5.41) is 8.88. The van der Waals surface area contributed by atoms with Gasteiger partial charge in [0.25, 0.3) is 0 Å². The zero-order chi connectivity index (χ0) is 17.1. The minimum absolute atomic E-state index is 0.0222. The summed E-state index contributed by atoms with van der Waals surface area (Å²) in [6.45, 7) is 7.61. The fraction of sp³-hybridized carbons (Fsp3) is 0.750. The van der Waals surface area contributed by atoms with E-state index >= 15 is 0 Å². The second-order valence-corrected chi connectivity index (χ2v) is 10.6. The lowest BCUT2D eigenvalue weighted by Crippen LogP contribution is -2.13. The molecule has 0 saturated heterocycles. The summed E-state index contributed by atoms with van der Waals surface area (Å²) in [6.07, 6.45) is 0.132. The average Bonchev–Trinajstić information content (AvgIpc) is 2.33. The van der Waals surface area contributed by atoms with Crippen molar-refractivity contribution in [1.82, 2.24) is 0 Å². The Morgan fingerprint density at radius 3 is 2.00 bits per heavy atom. The quantitative estimate of drug-likeness (QED) is 0.407. The molecule has 0 heterocycles. The highest BCUT2D eigenvalue weighted by atomic mass is 33.1. The summed E-state index contributed by atoms with van der Waals surface area (Å²) < 4.78 is 11.6. The van der Waals surface area contributed by atoms with Crippen molar-refractivity contribution in [2.24, 2.45) is 0 Å². The molecule has 0 aliphatic rings. The molecule has 0 aromatic carbocycles. The molecule has 4 nitrogen and oxygen atoms in total. The highest BCUT2D eigenvalue weighted by Crippen LogP contribution is 2.36. The average molecular weight is 421 g/mol. The van der Waals surface area contributed by atoms with Crippen molar-refractivity contribution in [2.45, 2.75) is 51.6 Å². The van der Waals surface area contributed by atoms with E-state index in [9.17, 15) is 4.79 Å². The summed E-state index contributed by atoms with van der Waals surface area (Å²) in [7, 11) is 5.56. The van der Waals surface area contributed by atoms with Crippen LogP contribution >= 0.6 is 67.6 Å². The van der Waals surface area contributed by atoms with E-state index in [1.807, 2.05) is 27.7 Å². The Morgan fingerprint density at radius 2 is 1.55 bits per heavy atom. The Labute approximate surface area is 158 Å². The van der Waals surface area contributed by atoms with Gasteiger partial charge in [-0.1, -0.05) is 21.6 Å². The smallest absolute Gasteiger partial charge is 0.304 e. The number of carboxylic acid groups (broad SMARTS) is 1. The molecule has 0 aromatic heterocycles. The maximum atomic E-state index is 10.9. The highest BCUT2D eigenvalue weighted by molar-refractivity contribution is 8.85. The van der Waals surface area contributed by atoms with Crippen LogP contribution in [0.5, 0.6) is 0 Å². The van der Waals surface area contributed by atoms with Gasteiger partial charge in [-0.2, -0.15) is 0 Å². The van der Waals surface area contributed by atoms with Crippen molar-refractivity contribution in [1.29, 1.82) is 0 Å². The van der Waals surface area contributed by atoms with Crippen molar-refractivity contribution in [3.63, 3.8) is 0 Å². The highest BCUT2D eigenvalue weighted by Gasteiger charge is 2.17. The van der Waals surface area contributed by atoms with Crippen molar-refractivity contribution in [3.8, 4) is 0 Å². The van der Waals surface area contributed by atoms with Crippen molar-refractivity contribution in [2.75, 3.05) is 5.75 Å². The third-order valence-corrected chi connectivity index (χ3v) is 7.83. The van der Waals surface area contributed by atoms with Crippen LogP contribution in [0.4, 0.5) is 0 Å².